The number of fused-ring (bicyclic) bond motifs is 1. The van der Waals surface area contributed by atoms with Crippen molar-refractivity contribution in [1.29, 1.82) is 0 Å². The Bertz CT molecular complexity index is 1360. The van der Waals surface area contributed by atoms with Crippen molar-refractivity contribution >= 4 is 34.2 Å². The zero-order chi connectivity index (χ0) is 24.6. The predicted molar refractivity (Wildman–Crippen MR) is 143 cm³/mol. The summed E-state index contributed by atoms with van der Waals surface area (Å²) in [5.41, 5.74) is 3.66. The first-order valence-corrected chi connectivity index (χ1v) is 13.2. The Morgan fingerprint density at radius 3 is 2.67 bits per heavy atom. The van der Waals surface area contributed by atoms with Gasteiger partial charge >= 0.3 is 0 Å². The van der Waals surface area contributed by atoms with Gasteiger partial charge in [0.25, 0.3) is 0 Å². The normalized spacial score (nSPS) is 17.1. The molecule has 2 aliphatic heterocycles. The quantitative estimate of drug-likeness (QED) is 0.399. The fourth-order valence-electron chi connectivity index (χ4n) is 4.72. The Labute approximate surface area is 214 Å². The number of imidazole rings is 1. The number of benzene rings is 1. The Morgan fingerprint density at radius 1 is 1.14 bits per heavy atom. The molecule has 2 aliphatic rings. The van der Waals surface area contributed by atoms with Gasteiger partial charge in [-0.2, -0.15) is 0 Å². The van der Waals surface area contributed by atoms with E-state index in [4.69, 9.17) is 14.5 Å². The minimum Gasteiger partial charge on any atom is -0.495 e. The summed E-state index contributed by atoms with van der Waals surface area (Å²) in [7, 11) is 1.73. The van der Waals surface area contributed by atoms with Gasteiger partial charge in [0.1, 0.15) is 11.4 Å². The molecule has 0 bridgehead atoms. The lowest BCUT2D eigenvalue weighted by molar-refractivity contribution is -0.0660. The fourth-order valence-corrected chi connectivity index (χ4v) is 5.60. The van der Waals surface area contributed by atoms with E-state index in [1.165, 1.54) is 0 Å². The number of nitrogens with zero attached hydrogens (tertiary/aromatic N) is 6. The number of methoxy groups -OCH3 is 1. The van der Waals surface area contributed by atoms with Gasteiger partial charge in [-0.05, 0) is 12.1 Å². The van der Waals surface area contributed by atoms with E-state index in [1.807, 2.05) is 29.1 Å². The molecule has 9 nitrogen and oxygen atoms in total. The van der Waals surface area contributed by atoms with Crippen molar-refractivity contribution in [3.05, 3.63) is 48.0 Å². The van der Waals surface area contributed by atoms with E-state index >= 15 is 0 Å². The van der Waals surface area contributed by atoms with Gasteiger partial charge < -0.3 is 24.1 Å². The largest absolute Gasteiger partial charge is 0.495 e. The molecule has 2 saturated heterocycles. The number of anilines is 3. The summed E-state index contributed by atoms with van der Waals surface area (Å²) >= 11 is 1.68. The third kappa shape index (κ3) is 4.40. The Balaban J connectivity index is 1.25. The number of aromatic nitrogens is 4. The molecule has 0 spiro atoms. The SMILES string of the molecule is COc1cc(Nc2nc(-c3cnc(C(C)C)s3)cn3ccnc23)ccc1N1CCN(C2COC2)CC1. The van der Waals surface area contributed by atoms with Gasteiger partial charge in [-0.15, -0.1) is 11.3 Å². The molecule has 0 unspecified atom stereocenters. The first kappa shape index (κ1) is 23.2. The Morgan fingerprint density at radius 2 is 1.97 bits per heavy atom. The molecule has 36 heavy (non-hydrogen) atoms. The van der Waals surface area contributed by atoms with Gasteiger partial charge in [0.2, 0.25) is 0 Å². The molecule has 0 atom stereocenters. The molecule has 3 aromatic heterocycles. The average molecular weight is 506 g/mol. The van der Waals surface area contributed by atoms with Gasteiger partial charge in [0, 0.05) is 68.6 Å². The number of ether oxygens (including phenoxy) is 2. The molecule has 6 rings (SSSR count). The van der Waals surface area contributed by atoms with Crippen molar-refractivity contribution in [3.8, 4) is 16.3 Å². The minimum atomic E-state index is 0.388. The van der Waals surface area contributed by atoms with Crippen LogP contribution in [0.15, 0.2) is 43.0 Å². The van der Waals surface area contributed by atoms with Crippen LogP contribution in [-0.2, 0) is 4.74 Å². The molecule has 1 aromatic carbocycles. The number of thiazole rings is 1. The molecule has 188 valence electrons. The van der Waals surface area contributed by atoms with Crippen LogP contribution in [0.25, 0.3) is 16.2 Å². The average Bonchev–Trinajstić information content (AvgIpc) is 3.54. The van der Waals surface area contributed by atoms with Crippen LogP contribution in [0, 0.1) is 0 Å². The third-order valence-electron chi connectivity index (χ3n) is 6.88. The van der Waals surface area contributed by atoms with E-state index in [-0.39, 0.29) is 0 Å². The third-order valence-corrected chi connectivity index (χ3v) is 8.20. The maximum atomic E-state index is 5.81. The first-order valence-electron chi connectivity index (χ1n) is 12.4. The summed E-state index contributed by atoms with van der Waals surface area (Å²) in [5, 5.41) is 4.59. The van der Waals surface area contributed by atoms with Gasteiger partial charge in [0.15, 0.2) is 11.5 Å². The smallest absolute Gasteiger partial charge is 0.180 e. The summed E-state index contributed by atoms with van der Waals surface area (Å²) in [4.78, 5) is 20.0. The highest BCUT2D eigenvalue weighted by molar-refractivity contribution is 7.15. The zero-order valence-corrected chi connectivity index (χ0v) is 21.7. The maximum Gasteiger partial charge on any atom is 0.180 e. The van der Waals surface area contributed by atoms with E-state index < -0.39 is 0 Å². The van der Waals surface area contributed by atoms with Crippen molar-refractivity contribution in [1.82, 2.24) is 24.3 Å². The molecular formula is C26H31N7O2S. The summed E-state index contributed by atoms with van der Waals surface area (Å²) in [6.45, 7) is 10.1. The van der Waals surface area contributed by atoms with Crippen LogP contribution >= 0.6 is 11.3 Å². The van der Waals surface area contributed by atoms with Crippen molar-refractivity contribution in [2.75, 3.05) is 56.7 Å². The fraction of sp³-hybridized carbons (Fsp3) is 0.423. The van der Waals surface area contributed by atoms with E-state index in [0.29, 0.717) is 17.8 Å². The molecular weight excluding hydrogens is 474 g/mol. The number of nitrogens with one attached hydrogen (secondary N) is 1. The van der Waals surface area contributed by atoms with Crippen LogP contribution in [0.5, 0.6) is 5.75 Å². The van der Waals surface area contributed by atoms with E-state index in [0.717, 1.165) is 77.7 Å². The molecule has 0 radical (unpaired) electrons. The number of hydrogen-bond acceptors (Lipinski definition) is 9. The number of rotatable bonds is 7. The summed E-state index contributed by atoms with van der Waals surface area (Å²) < 4.78 is 13.2. The molecule has 4 aromatic rings. The van der Waals surface area contributed by atoms with Crippen LogP contribution in [0.2, 0.25) is 0 Å². The second kappa shape index (κ2) is 9.68. The van der Waals surface area contributed by atoms with E-state index in [2.05, 4.69) is 51.1 Å². The Kier molecular flexibility index (Phi) is 6.24. The van der Waals surface area contributed by atoms with E-state index in [9.17, 15) is 0 Å². The van der Waals surface area contributed by atoms with Gasteiger partial charge in [-0.1, -0.05) is 13.8 Å². The zero-order valence-electron chi connectivity index (χ0n) is 20.8. The molecule has 0 saturated carbocycles. The molecule has 0 amide bonds. The first-order chi connectivity index (χ1) is 17.6. The second-order valence-electron chi connectivity index (χ2n) is 9.58. The monoisotopic (exact) mass is 505 g/mol. The van der Waals surface area contributed by atoms with Crippen LogP contribution in [0.1, 0.15) is 24.8 Å². The highest BCUT2D eigenvalue weighted by Crippen LogP contribution is 2.35. The lowest BCUT2D eigenvalue weighted by atomic mass is 10.1. The highest BCUT2D eigenvalue weighted by Gasteiger charge is 2.29. The standard InChI is InChI=1S/C26H31N7O2S/c1-17(2)26-28-13-23(36-26)20-14-33-7-6-27-25(33)24(30-20)29-18-4-5-21(22(12-18)34-3)32-10-8-31(9-11-32)19-15-35-16-19/h4-7,12-14,17,19H,8-11,15-16H2,1-3H3,(H,29,30). The second-order valence-corrected chi connectivity index (χ2v) is 10.6. The van der Waals surface area contributed by atoms with Crippen molar-refractivity contribution in [2.24, 2.45) is 0 Å². The van der Waals surface area contributed by atoms with Gasteiger partial charge in [0.05, 0.1) is 41.9 Å². The molecule has 2 fully saturated rings. The van der Waals surface area contributed by atoms with Crippen molar-refractivity contribution in [2.45, 2.75) is 25.8 Å². The van der Waals surface area contributed by atoms with Gasteiger partial charge in [-0.25, -0.2) is 15.0 Å². The molecule has 1 N–H and O–H groups in total. The van der Waals surface area contributed by atoms with Crippen molar-refractivity contribution < 1.29 is 9.47 Å². The molecule has 5 heterocycles. The Hall–Kier alpha value is -3.21. The minimum absolute atomic E-state index is 0.388. The van der Waals surface area contributed by atoms with Crippen LogP contribution in [0.3, 0.4) is 0 Å². The lowest BCUT2D eigenvalue weighted by Crippen LogP contribution is -2.56. The number of hydrogen-bond donors (Lipinski definition) is 1. The number of piperazine rings is 1. The van der Waals surface area contributed by atoms with Crippen LogP contribution in [-0.4, -0.2) is 76.8 Å². The molecule has 10 heteroatoms. The highest BCUT2D eigenvalue weighted by atomic mass is 32.1. The van der Waals surface area contributed by atoms with E-state index in [1.54, 1.807) is 24.6 Å². The summed E-state index contributed by atoms with van der Waals surface area (Å²) in [6, 6.07) is 6.85. The summed E-state index contributed by atoms with van der Waals surface area (Å²) in [6.07, 6.45) is 7.64. The van der Waals surface area contributed by atoms with Crippen LogP contribution in [0.4, 0.5) is 17.2 Å². The van der Waals surface area contributed by atoms with Crippen molar-refractivity contribution in [3.63, 3.8) is 0 Å². The summed E-state index contributed by atoms with van der Waals surface area (Å²) in [5.74, 6) is 1.93. The predicted octanol–water partition coefficient (Wildman–Crippen LogP) is 4.25. The van der Waals surface area contributed by atoms with Crippen LogP contribution < -0.4 is 15.0 Å². The maximum absolute atomic E-state index is 5.81. The van der Waals surface area contributed by atoms with Gasteiger partial charge in [-0.3, -0.25) is 4.90 Å². The topological polar surface area (TPSA) is 80.0 Å². The molecule has 0 aliphatic carbocycles. The lowest BCUT2D eigenvalue weighted by Gasteiger charge is -2.43.